The molecule has 1 unspecified atom stereocenters. The van der Waals surface area contributed by atoms with Gasteiger partial charge in [-0.2, -0.15) is 5.10 Å². The lowest BCUT2D eigenvalue weighted by molar-refractivity contribution is -0.0369. The molecular formula is C13H15FN2O. The average molecular weight is 234 g/mol. The first-order chi connectivity index (χ1) is 8.25. The van der Waals surface area contributed by atoms with Crippen molar-refractivity contribution in [2.75, 3.05) is 6.61 Å². The highest BCUT2D eigenvalue weighted by atomic mass is 19.1. The van der Waals surface area contributed by atoms with E-state index in [1.54, 1.807) is 16.9 Å². The normalized spacial score (nSPS) is 20.9. The number of aryl methyl sites for hydroxylation is 1. The molecule has 0 radical (unpaired) electrons. The first-order valence-electron chi connectivity index (χ1n) is 6.00. The monoisotopic (exact) mass is 234 g/mol. The van der Waals surface area contributed by atoms with Gasteiger partial charge in [0.15, 0.2) is 6.23 Å². The smallest absolute Gasteiger partial charge is 0.150 e. The molecule has 0 amide bonds. The molecule has 2 heterocycles. The molecule has 17 heavy (non-hydrogen) atoms. The Kier molecular flexibility index (Phi) is 2.59. The zero-order chi connectivity index (χ0) is 11.8. The van der Waals surface area contributed by atoms with E-state index in [4.69, 9.17) is 4.74 Å². The Morgan fingerprint density at radius 2 is 2.29 bits per heavy atom. The number of hydrogen-bond acceptors (Lipinski definition) is 2. The number of hydrogen-bond donors (Lipinski definition) is 0. The molecule has 1 aromatic heterocycles. The molecule has 4 heteroatoms. The maximum absolute atomic E-state index is 14.0. The van der Waals surface area contributed by atoms with Crippen LogP contribution >= 0.6 is 0 Å². The van der Waals surface area contributed by atoms with Gasteiger partial charge in [-0.1, -0.05) is 0 Å². The molecule has 1 fully saturated rings. The number of fused-ring (bicyclic) bond motifs is 1. The Balaban J connectivity index is 2.10. The van der Waals surface area contributed by atoms with Crippen molar-refractivity contribution in [3.8, 4) is 0 Å². The fraction of sp³-hybridized carbons (Fsp3) is 0.462. The molecule has 1 saturated heterocycles. The van der Waals surface area contributed by atoms with Crippen LogP contribution in [-0.2, 0) is 4.74 Å². The van der Waals surface area contributed by atoms with E-state index in [0.717, 1.165) is 36.8 Å². The summed E-state index contributed by atoms with van der Waals surface area (Å²) in [5.41, 5.74) is 1.47. The van der Waals surface area contributed by atoms with Crippen LogP contribution in [0.4, 0.5) is 4.39 Å². The van der Waals surface area contributed by atoms with Gasteiger partial charge in [-0.05, 0) is 43.9 Å². The number of benzene rings is 1. The van der Waals surface area contributed by atoms with Gasteiger partial charge in [0.05, 0.1) is 6.20 Å². The van der Waals surface area contributed by atoms with Crippen molar-refractivity contribution >= 4 is 10.9 Å². The van der Waals surface area contributed by atoms with Gasteiger partial charge in [0.2, 0.25) is 0 Å². The third-order valence-electron chi connectivity index (χ3n) is 3.22. The standard InChI is InChI=1S/C13H15FN2O/c1-9-6-10-8-15-16(13(10)11(14)7-9)12-4-2-3-5-17-12/h6-8,12H,2-5H2,1H3. The number of halogens is 1. The van der Waals surface area contributed by atoms with Gasteiger partial charge in [-0.25, -0.2) is 9.07 Å². The molecule has 3 nitrogen and oxygen atoms in total. The molecule has 3 rings (SSSR count). The van der Waals surface area contributed by atoms with Gasteiger partial charge in [-0.15, -0.1) is 0 Å². The highest BCUT2D eigenvalue weighted by Crippen LogP contribution is 2.28. The summed E-state index contributed by atoms with van der Waals surface area (Å²) >= 11 is 0. The average Bonchev–Trinajstić information content (AvgIpc) is 2.74. The molecule has 1 aliphatic heterocycles. The van der Waals surface area contributed by atoms with Crippen LogP contribution < -0.4 is 0 Å². The van der Waals surface area contributed by atoms with Crippen LogP contribution in [0.15, 0.2) is 18.3 Å². The maximum atomic E-state index is 14.0. The number of rotatable bonds is 1. The summed E-state index contributed by atoms with van der Waals surface area (Å²) in [6.45, 7) is 2.62. The highest BCUT2D eigenvalue weighted by Gasteiger charge is 2.20. The van der Waals surface area contributed by atoms with E-state index < -0.39 is 0 Å². The molecular weight excluding hydrogens is 219 g/mol. The van der Waals surface area contributed by atoms with Gasteiger partial charge in [-0.3, -0.25) is 0 Å². The molecule has 1 aliphatic rings. The molecule has 2 aromatic rings. The minimum atomic E-state index is -0.216. The van der Waals surface area contributed by atoms with Crippen molar-refractivity contribution in [2.24, 2.45) is 0 Å². The molecule has 1 atom stereocenters. The topological polar surface area (TPSA) is 27.1 Å². The van der Waals surface area contributed by atoms with Crippen LogP contribution in [0.25, 0.3) is 10.9 Å². The molecule has 0 N–H and O–H groups in total. The zero-order valence-electron chi connectivity index (χ0n) is 9.82. The zero-order valence-corrected chi connectivity index (χ0v) is 9.82. The fourth-order valence-corrected chi connectivity index (χ4v) is 2.42. The summed E-state index contributed by atoms with van der Waals surface area (Å²) in [4.78, 5) is 0. The third-order valence-corrected chi connectivity index (χ3v) is 3.22. The van der Waals surface area contributed by atoms with Gasteiger partial charge in [0.1, 0.15) is 11.3 Å². The maximum Gasteiger partial charge on any atom is 0.150 e. The molecule has 0 aliphatic carbocycles. The quantitative estimate of drug-likeness (QED) is 0.757. The summed E-state index contributed by atoms with van der Waals surface area (Å²) in [6.07, 6.45) is 4.70. The number of ether oxygens (including phenoxy) is 1. The van der Waals surface area contributed by atoms with Crippen LogP contribution in [0.3, 0.4) is 0 Å². The molecule has 90 valence electrons. The summed E-state index contributed by atoms with van der Waals surface area (Å²) in [5, 5.41) is 5.12. The van der Waals surface area contributed by atoms with Gasteiger partial charge >= 0.3 is 0 Å². The summed E-state index contributed by atoms with van der Waals surface area (Å²) < 4.78 is 21.3. The minimum absolute atomic E-state index is 0.113. The second-order valence-electron chi connectivity index (χ2n) is 4.59. The first-order valence-corrected chi connectivity index (χ1v) is 6.00. The van der Waals surface area contributed by atoms with Gasteiger partial charge in [0, 0.05) is 12.0 Å². The van der Waals surface area contributed by atoms with Crippen molar-refractivity contribution in [3.63, 3.8) is 0 Å². The Morgan fingerprint density at radius 3 is 3.06 bits per heavy atom. The van der Waals surface area contributed by atoms with Crippen LogP contribution in [0, 0.1) is 12.7 Å². The third kappa shape index (κ3) is 1.82. The number of aromatic nitrogens is 2. The lowest BCUT2D eigenvalue weighted by atomic mass is 10.1. The van der Waals surface area contributed by atoms with E-state index in [1.165, 1.54) is 0 Å². The van der Waals surface area contributed by atoms with Crippen molar-refractivity contribution in [2.45, 2.75) is 32.4 Å². The molecule has 0 spiro atoms. The lowest BCUT2D eigenvalue weighted by Gasteiger charge is -2.23. The Hall–Kier alpha value is -1.42. The Labute approximate surface area is 99.2 Å². The molecule has 0 bridgehead atoms. The lowest BCUT2D eigenvalue weighted by Crippen LogP contribution is -2.19. The largest absolute Gasteiger partial charge is 0.356 e. The second kappa shape index (κ2) is 4.11. The van der Waals surface area contributed by atoms with Crippen molar-refractivity contribution in [3.05, 3.63) is 29.7 Å². The Morgan fingerprint density at radius 1 is 1.41 bits per heavy atom. The first kappa shape index (κ1) is 10.7. The highest BCUT2D eigenvalue weighted by molar-refractivity contribution is 5.80. The van der Waals surface area contributed by atoms with Crippen LogP contribution in [0.1, 0.15) is 31.1 Å². The summed E-state index contributed by atoms with van der Waals surface area (Å²) in [6, 6.07) is 3.49. The molecule has 1 aromatic carbocycles. The van der Waals surface area contributed by atoms with E-state index in [-0.39, 0.29) is 12.0 Å². The second-order valence-corrected chi connectivity index (χ2v) is 4.59. The van der Waals surface area contributed by atoms with Gasteiger partial charge < -0.3 is 4.74 Å². The van der Waals surface area contributed by atoms with E-state index in [2.05, 4.69) is 5.10 Å². The van der Waals surface area contributed by atoms with Crippen LogP contribution in [0.2, 0.25) is 0 Å². The van der Waals surface area contributed by atoms with Crippen LogP contribution in [-0.4, -0.2) is 16.4 Å². The summed E-state index contributed by atoms with van der Waals surface area (Å²) in [5.74, 6) is -0.216. The van der Waals surface area contributed by atoms with E-state index in [9.17, 15) is 4.39 Å². The number of nitrogens with zero attached hydrogens (tertiary/aromatic N) is 2. The van der Waals surface area contributed by atoms with Gasteiger partial charge in [0.25, 0.3) is 0 Å². The SMILES string of the molecule is Cc1cc(F)c2c(cnn2C2CCCCO2)c1. The predicted molar refractivity (Wildman–Crippen MR) is 63.3 cm³/mol. The van der Waals surface area contributed by atoms with E-state index in [0.29, 0.717) is 5.52 Å². The Bertz CT molecular complexity index is 544. The summed E-state index contributed by atoms with van der Waals surface area (Å²) in [7, 11) is 0. The minimum Gasteiger partial charge on any atom is -0.356 e. The van der Waals surface area contributed by atoms with Crippen LogP contribution in [0.5, 0.6) is 0 Å². The fourth-order valence-electron chi connectivity index (χ4n) is 2.42. The van der Waals surface area contributed by atoms with Crippen molar-refractivity contribution in [1.82, 2.24) is 9.78 Å². The van der Waals surface area contributed by atoms with E-state index in [1.807, 2.05) is 13.0 Å². The predicted octanol–water partition coefficient (Wildman–Crippen LogP) is 3.18. The van der Waals surface area contributed by atoms with E-state index >= 15 is 0 Å². The molecule has 0 saturated carbocycles. The van der Waals surface area contributed by atoms with Crippen molar-refractivity contribution < 1.29 is 9.13 Å². The van der Waals surface area contributed by atoms with Crippen molar-refractivity contribution in [1.29, 1.82) is 0 Å².